The number of nitrogens with zero attached hydrogens (tertiary/aromatic N) is 3. The summed E-state index contributed by atoms with van der Waals surface area (Å²) in [6.07, 6.45) is 3.98. The van der Waals surface area contributed by atoms with Crippen molar-refractivity contribution in [1.82, 2.24) is 14.7 Å². The molecule has 2 unspecified atom stereocenters. The first kappa shape index (κ1) is 20.7. The molecule has 1 fully saturated rings. The Balaban J connectivity index is 2.01. The highest BCUT2D eigenvalue weighted by Crippen LogP contribution is 2.20. The van der Waals surface area contributed by atoms with Crippen LogP contribution in [-0.4, -0.2) is 73.0 Å². The molecule has 0 N–H and O–H groups in total. The second-order valence-electron chi connectivity index (χ2n) is 7.74. The van der Waals surface area contributed by atoms with Gasteiger partial charge < -0.3 is 9.80 Å². The van der Waals surface area contributed by atoms with Gasteiger partial charge in [0, 0.05) is 37.3 Å². The number of benzene rings is 1. The molecule has 0 radical (unpaired) electrons. The summed E-state index contributed by atoms with van der Waals surface area (Å²) in [4.78, 5) is 19.9. The van der Waals surface area contributed by atoms with E-state index >= 15 is 0 Å². The minimum Gasteiger partial charge on any atom is -0.336 e. The second-order valence-corrected chi connectivity index (χ2v) is 7.74. The van der Waals surface area contributed by atoms with Gasteiger partial charge in [-0.05, 0) is 59.0 Å². The summed E-state index contributed by atoms with van der Waals surface area (Å²) in [7, 11) is 4.24. The first-order chi connectivity index (χ1) is 12.4. The molecule has 0 saturated carbocycles. The lowest BCUT2D eigenvalue weighted by molar-refractivity contribution is -0.131. The molecule has 1 amide bonds. The van der Waals surface area contributed by atoms with E-state index in [9.17, 15) is 4.79 Å². The molecule has 0 spiro atoms. The highest BCUT2D eigenvalue weighted by atomic mass is 16.2. The molecule has 1 heterocycles. The van der Waals surface area contributed by atoms with Gasteiger partial charge in [0.25, 0.3) is 0 Å². The number of hydrogen-bond acceptors (Lipinski definition) is 3. The largest absolute Gasteiger partial charge is 0.336 e. The number of carbonyl (C=O) groups excluding carboxylic acids is 1. The van der Waals surface area contributed by atoms with E-state index in [2.05, 4.69) is 61.7 Å². The fourth-order valence-corrected chi connectivity index (χ4v) is 3.80. The van der Waals surface area contributed by atoms with Gasteiger partial charge in [0.1, 0.15) is 0 Å². The van der Waals surface area contributed by atoms with Crippen LogP contribution in [0.2, 0.25) is 0 Å². The molecule has 1 aliphatic heterocycles. The third kappa shape index (κ3) is 5.68. The summed E-state index contributed by atoms with van der Waals surface area (Å²) in [6, 6.07) is 10.9. The van der Waals surface area contributed by atoms with Crippen molar-refractivity contribution >= 4 is 12.0 Å². The molecular formula is C22H35N3O. The zero-order valence-electron chi connectivity index (χ0n) is 17.1. The van der Waals surface area contributed by atoms with Crippen molar-refractivity contribution in [2.45, 2.75) is 45.7 Å². The van der Waals surface area contributed by atoms with E-state index in [1.54, 1.807) is 0 Å². The number of amides is 1. The summed E-state index contributed by atoms with van der Waals surface area (Å²) in [6.45, 7) is 10.4. The molecule has 144 valence electrons. The van der Waals surface area contributed by atoms with Crippen molar-refractivity contribution in [2.75, 3.05) is 40.3 Å². The molecule has 1 aliphatic rings. The molecule has 2 atom stereocenters. The van der Waals surface area contributed by atoms with Gasteiger partial charge in [-0.3, -0.25) is 9.69 Å². The monoisotopic (exact) mass is 357 g/mol. The summed E-state index contributed by atoms with van der Waals surface area (Å²) in [5.41, 5.74) is 2.00. The topological polar surface area (TPSA) is 26.8 Å². The number of piperazine rings is 1. The SMILES string of the molecule is CC/C(=C\c1ccccc1)C(=O)N1CC(C)N(CCCN(C)C)C(C)C1. The van der Waals surface area contributed by atoms with Crippen LogP contribution in [0.5, 0.6) is 0 Å². The molecule has 1 saturated heterocycles. The zero-order valence-corrected chi connectivity index (χ0v) is 17.1. The molecule has 0 bridgehead atoms. The summed E-state index contributed by atoms with van der Waals surface area (Å²) in [5.74, 6) is 0.197. The van der Waals surface area contributed by atoms with Crippen LogP contribution in [-0.2, 0) is 4.79 Å². The summed E-state index contributed by atoms with van der Waals surface area (Å²) >= 11 is 0. The van der Waals surface area contributed by atoms with E-state index in [-0.39, 0.29) is 5.91 Å². The first-order valence-electron chi connectivity index (χ1n) is 9.87. The average Bonchev–Trinajstić information content (AvgIpc) is 2.61. The van der Waals surface area contributed by atoms with Crippen molar-refractivity contribution in [3.05, 3.63) is 41.5 Å². The Morgan fingerprint density at radius 2 is 1.77 bits per heavy atom. The van der Waals surface area contributed by atoms with Crippen molar-refractivity contribution in [3.63, 3.8) is 0 Å². The lowest BCUT2D eigenvalue weighted by atomic mass is 10.0. The third-order valence-corrected chi connectivity index (χ3v) is 5.21. The Morgan fingerprint density at radius 1 is 1.15 bits per heavy atom. The maximum Gasteiger partial charge on any atom is 0.249 e. The number of hydrogen-bond donors (Lipinski definition) is 0. The van der Waals surface area contributed by atoms with E-state index in [4.69, 9.17) is 0 Å². The van der Waals surface area contributed by atoms with Gasteiger partial charge in [0.05, 0.1) is 0 Å². The smallest absolute Gasteiger partial charge is 0.249 e. The maximum absolute atomic E-state index is 13.1. The lowest BCUT2D eigenvalue weighted by Crippen LogP contribution is -2.58. The predicted octanol–water partition coefficient (Wildman–Crippen LogP) is 3.35. The predicted molar refractivity (Wildman–Crippen MR) is 110 cm³/mol. The molecule has 4 heteroatoms. The van der Waals surface area contributed by atoms with Crippen LogP contribution in [0.25, 0.3) is 6.08 Å². The number of carbonyl (C=O) groups is 1. The quantitative estimate of drug-likeness (QED) is 0.700. The van der Waals surface area contributed by atoms with E-state index in [1.165, 1.54) is 6.42 Å². The van der Waals surface area contributed by atoms with E-state index in [0.717, 1.165) is 43.7 Å². The Labute approximate surface area is 159 Å². The molecule has 0 aliphatic carbocycles. The van der Waals surface area contributed by atoms with Gasteiger partial charge >= 0.3 is 0 Å². The van der Waals surface area contributed by atoms with E-state index in [1.807, 2.05) is 24.3 Å². The van der Waals surface area contributed by atoms with Crippen molar-refractivity contribution in [1.29, 1.82) is 0 Å². The van der Waals surface area contributed by atoms with Gasteiger partial charge in [0.15, 0.2) is 0 Å². The summed E-state index contributed by atoms with van der Waals surface area (Å²) in [5, 5.41) is 0. The first-order valence-corrected chi connectivity index (χ1v) is 9.87. The minimum atomic E-state index is 0.197. The Bertz CT molecular complexity index is 585. The molecule has 2 rings (SSSR count). The van der Waals surface area contributed by atoms with Gasteiger partial charge in [-0.25, -0.2) is 0 Å². The van der Waals surface area contributed by atoms with Crippen LogP contribution in [0.4, 0.5) is 0 Å². The Hall–Kier alpha value is -1.65. The van der Waals surface area contributed by atoms with Gasteiger partial charge in [-0.15, -0.1) is 0 Å². The highest BCUT2D eigenvalue weighted by molar-refractivity contribution is 5.97. The molecule has 26 heavy (non-hydrogen) atoms. The third-order valence-electron chi connectivity index (χ3n) is 5.21. The van der Waals surface area contributed by atoms with Crippen molar-refractivity contribution in [3.8, 4) is 0 Å². The van der Waals surface area contributed by atoms with Crippen molar-refractivity contribution in [2.24, 2.45) is 0 Å². The maximum atomic E-state index is 13.1. The van der Waals surface area contributed by atoms with Crippen LogP contribution in [0, 0.1) is 0 Å². The van der Waals surface area contributed by atoms with Gasteiger partial charge in [0.2, 0.25) is 5.91 Å². The molecule has 1 aromatic carbocycles. The van der Waals surface area contributed by atoms with Gasteiger partial charge in [-0.1, -0.05) is 37.3 Å². The van der Waals surface area contributed by atoms with E-state index < -0.39 is 0 Å². The summed E-state index contributed by atoms with van der Waals surface area (Å²) < 4.78 is 0. The van der Waals surface area contributed by atoms with Crippen LogP contribution < -0.4 is 0 Å². The number of rotatable bonds is 7. The molecular weight excluding hydrogens is 322 g/mol. The Kier molecular flexibility index (Phi) is 7.85. The molecule has 0 aromatic heterocycles. The molecule has 1 aromatic rings. The van der Waals surface area contributed by atoms with Crippen LogP contribution >= 0.6 is 0 Å². The average molecular weight is 358 g/mol. The minimum absolute atomic E-state index is 0.197. The normalized spacial score (nSPS) is 22.1. The fraction of sp³-hybridized carbons (Fsp3) is 0.591. The van der Waals surface area contributed by atoms with Gasteiger partial charge in [-0.2, -0.15) is 0 Å². The highest BCUT2D eigenvalue weighted by Gasteiger charge is 2.32. The van der Waals surface area contributed by atoms with E-state index in [0.29, 0.717) is 12.1 Å². The standard InChI is InChI=1S/C22H35N3O/c1-6-21(15-20-11-8-7-9-12-20)22(26)24-16-18(2)25(19(3)17-24)14-10-13-23(4)5/h7-9,11-12,15,18-19H,6,10,13-14,16-17H2,1-5H3/b21-15+. The molecule has 4 nitrogen and oxygen atoms in total. The van der Waals surface area contributed by atoms with Crippen molar-refractivity contribution < 1.29 is 4.79 Å². The van der Waals surface area contributed by atoms with Crippen LogP contribution in [0.3, 0.4) is 0 Å². The lowest BCUT2D eigenvalue weighted by Gasteiger charge is -2.44. The second kappa shape index (κ2) is 9.89. The Morgan fingerprint density at radius 3 is 2.31 bits per heavy atom. The zero-order chi connectivity index (χ0) is 19.1. The van der Waals surface area contributed by atoms with Crippen LogP contribution in [0.15, 0.2) is 35.9 Å². The van der Waals surface area contributed by atoms with Crippen LogP contribution in [0.1, 0.15) is 39.2 Å². The fourth-order valence-electron chi connectivity index (χ4n) is 3.80.